The third kappa shape index (κ3) is 40.2. The van der Waals surface area contributed by atoms with Gasteiger partial charge in [-0.15, -0.1) is 0 Å². The molecule has 0 atom stereocenters. The molecule has 0 unspecified atom stereocenters. The summed E-state index contributed by atoms with van der Waals surface area (Å²) < 4.78 is 14.7. The highest BCUT2D eigenvalue weighted by atomic mass is 16.5. The lowest BCUT2D eigenvalue weighted by Crippen LogP contribution is -2.23. The van der Waals surface area contributed by atoms with Crippen LogP contribution in [0.25, 0.3) is 0 Å². The largest absolute Gasteiger partial charge is 0.382 e. The minimum Gasteiger partial charge on any atom is -0.382 e. The van der Waals surface area contributed by atoms with Gasteiger partial charge in [-0.25, -0.2) is 0 Å². The second kappa shape index (κ2) is 28.8. The zero-order chi connectivity index (χ0) is 24.7. The maximum absolute atomic E-state index is 5.23. The fraction of sp³-hybridized carbons (Fsp3) is 1.00. The van der Waals surface area contributed by atoms with Gasteiger partial charge in [0.1, 0.15) is 0 Å². The van der Waals surface area contributed by atoms with Crippen LogP contribution in [0.4, 0.5) is 0 Å². The van der Waals surface area contributed by atoms with Crippen molar-refractivity contribution in [3.05, 3.63) is 0 Å². The topological polar surface area (TPSA) is 34.2 Å². The van der Waals surface area contributed by atoms with Crippen LogP contribution in [0.2, 0.25) is 0 Å². The molecule has 0 bridgehead atoms. The van der Waals surface area contributed by atoms with E-state index >= 15 is 0 Å². The molecule has 2 aliphatic rings. The lowest BCUT2D eigenvalue weighted by molar-refractivity contribution is 0.0152. The lowest BCUT2D eigenvalue weighted by atomic mass is 10.2. The van der Waals surface area contributed by atoms with Crippen LogP contribution in [0.1, 0.15) is 107 Å². The van der Waals surface area contributed by atoms with E-state index in [9.17, 15) is 0 Å². The fourth-order valence-corrected chi connectivity index (χ4v) is 2.60. The SMILES string of the molecule is C.C1CCCC1.CC(C)OCN(C)C.CN(C)C1CCCC1.COC(C)C.COC(C)C. The van der Waals surface area contributed by atoms with Crippen molar-refractivity contribution in [1.82, 2.24) is 9.80 Å². The molecule has 0 heterocycles. The average Bonchev–Trinajstić information content (AvgIpc) is 3.44. The monoisotopic (exact) mass is 464 g/mol. The molecule has 0 amide bonds. The molecule has 0 aromatic heterocycles. The summed E-state index contributed by atoms with van der Waals surface area (Å²) in [6.07, 6.45) is 14.4. The predicted molar refractivity (Wildman–Crippen MR) is 145 cm³/mol. The van der Waals surface area contributed by atoms with Gasteiger partial charge in [-0.05, 0) is 82.6 Å². The van der Waals surface area contributed by atoms with E-state index in [0.717, 1.165) is 12.8 Å². The van der Waals surface area contributed by atoms with Gasteiger partial charge < -0.3 is 19.1 Å². The first kappa shape index (κ1) is 39.0. The van der Waals surface area contributed by atoms with Crippen molar-refractivity contribution in [2.75, 3.05) is 49.1 Å². The summed E-state index contributed by atoms with van der Waals surface area (Å²) in [6.45, 7) is 12.8. The Hall–Kier alpha value is -0.200. The van der Waals surface area contributed by atoms with E-state index in [1.807, 2.05) is 60.5 Å². The van der Waals surface area contributed by atoms with Crippen molar-refractivity contribution in [3.8, 4) is 0 Å². The number of hydrogen-bond donors (Lipinski definition) is 0. The van der Waals surface area contributed by atoms with Crippen molar-refractivity contribution in [2.24, 2.45) is 0 Å². The van der Waals surface area contributed by atoms with Crippen LogP contribution in [0.3, 0.4) is 0 Å². The maximum Gasteiger partial charge on any atom is 0.0988 e. The van der Waals surface area contributed by atoms with Crippen molar-refractivity contribution in [2.45, 2.75) is 131 Å². The number of nitrogens with zero attached hydrogens (tertiary/aromatic N) is 2. The van der Waals surface area contributed by atoms with Gasteiger partial charge in [0.05, 0.1) is 25.0 Å². The Kier molecular flexibility index (Phi) is 35.2. The zero-order valence-electron chi connectivity index (χ0n) is 23.5. The highest BCUT2D eigenvalue weighted by molar-refractivity contribution is 4.72. The van der Waals surface area contributed by atoms with Crippen LogP contribution in [0.5, 0.6) is 0 Å². The molecule has 2 fully saturated rings. The van der Waals surface area contributed by atoms with Gasteiger partial charge in [0.2, 0.25) is 0 Å². The van der Waals surface area contributed by atoms with Crippen LogP contribution in [-0.2, 0) is 14.2 Å². The van der Waals surface area contributed by atoms with E-state index in [4.69, 9.17) is 14.2 Å². The molecule has 0 N–H and O–H groups in total. The Morgan fingerprint density at radius 3 is 1.06 bits per heavy atom. The Balaban J connectivity index is -0.000000155. The van der Waals surface area contributed by atoms with E-state index in [0.29, 0.717) is 18.3 Å². The van der Waals surface area contributed by atoms with Crippen molar-refractivity contribution >= 4 is 0 Å². The highest BCUT2D eigenvalue weighted by Gasteiger charge is 2.15. The molecule has 200 valence electrons. The zero-order valence-corrected chi connectivity index (χ0v) is 23.5. The smallest absolute Gasteiger partial charge is 0.0988 e. The average molecular weight is 465 g/mol. The van der Waals surface area contributed by atoms with Crippen molar-refractivity contribution in [1.29, 1.82) is 0 Å². The van der Waals surface area contributed by atoms with Gasteiger partial charge >= 0.3 is 0 Å². The molecule has 2 aliphatic carbocycles. The molecule has 0 radical (unpaired) electrons. The quantitative estimate of drug-likeness (QED) is 0.392. The van der Waals surface area contributed by atoms with E-state index in [-0.39, 0.29) is 7.43 Å². The fourth-order valence-electron chi connectivity index (χ4n) is 2.60. The second-order valence-corrected chi connectivity index (χ2v) is 9.66. The molecule has 2 saturated carbocycles. The molecular formula is C27H64N2O3. The van der Waals surface area contributed by atoms with Gasteiger partial charge in [0.15, 0.2) is 0 Å². The summed E-state index contributed by atoms with van der Waals surface area (Å²) in [5, 5.41) is 0. The van der Waals surface area contributed by atoms with E-state index in [1.165, 1.54) is 57.8 Å². The molecule has 32 heavy (non-hydrogen) atoms. The first-order valence-electron chi connectivity index (χ1n) is 12.5. The predicted octanol–water partition coefficient (Wildman–Crippen LogP) is 7.09. The van der Waals surface area contributed by atoms with Crippen molar-refractivity contribution in [3.63, 3.8) is 0 Å². The summed E-state index contributed by atoms with van der Waals surface area (Å²) in [7, 11) is 11.7. The minimum absolute atomic E-state index is 0. The van der Waals surface area contributed by atoms with Crippen LogP contribution >= 0.6 is 0 Å². The van der Waals surface area contributed by atoms with E-state index in [2.05, 4.69) is 19.0 Å². The molecule has 2 rings (SSSR count). The first-order chi connectivity index (χ1) is 14.5. The highest BCUT2D eigenvalue weighted by Crippen LogP contribution is 2.20. The van der Waals surface area contributed by atoms with E-state index in [1.54, 1.807) is 14.2 Å². The van der Waals surface area contributed by atoms with Crippen LogP contribution in [0.15, 0.2) is 0 Å². The number of rotatable bonds is 6. The number of methoxy groups -OCH3 is 2. The summed E-state index contributed by atoms with van der Waals surface area (Å²) in [5.74, 6) is 0. The van der Waals surface area contributed by atoms with Crippen LogP contribution in [0, 0.1) is 0 Å². The van der Waals surface area contributed by atoms with Gasteiger partial charge in [-0.2, -0.15) is 0 Å². The summed E-state index contributed by atoms with van der Waals surface area (Å²) in [5.41, 5.74) is 0. The van der Waals surface area contributed by atoms with E-state index < -0.39 is 0 Å². The normalized spacial score (nSPS) is 15.3. The molecule has 0 aliphatic heterocycles. The molecule has 5 heteroatoms. The molecule has 0 aromatic carbocycles. The Morgan fingerprint density at radius 2 is 0.938 bits per heavy atom. The molecule has 0 spiro atoms. The first-order valence-corrected chi connectivity index (χ1v) is 12.5. The lowest BCUT2D eigenvalue weighted by Gasteiger charge is -2.17. The number of hydrogen-bond acceptors (Lipinski definition) is 5. The summed E-state index contributed by atoms with van der Waals surface area (Å²) in [6, 6.07) is 0.898. The van der Waals surface area contributed by atoms with Gasteiger partial charge in [0, 0.05) is 20.3 Å². The minimum atomic E-state index is 0. The van der Waals surface area contributed by atoms with Crippen molar-refractivity contribution < 1.29 is 14.2 Å². The number of ether oxygens (including phenoxy) is 3. The Bertz CT molecular complexity index is 288. The Labute approximate surface area is 204 Å². The summed E-state index contributed by atoms with van der Waals surface area (Å²) in [4.78, 5) is 4.34. The van der Waals surface area contributed by atoms with Gasteiger partial charge in [-0.3, -0.25) is 4.90 Å². The standard InChI is InChI=1S/C7H15N.C6H15NO.C5H10.2C4H10O.CH4/c1-8(2)7-5-3-4-6-7;1-6(2)8-5-7(3)4;1-2-4-5-3-1;2*1-4(2)5-3;/h7H,3-6H2,1-2H3;6H,5H2,1-4H3;1-5H2;2*4H,1-3H3;1H4. The summed E-state index contributed by atoms with van der Waals surface area (Å²) >= 11 is 0. The van der Waals surface area contributed by atoms with Gasteiger partial charge in [0.25, 0.3) is 0 Å². The second-order valence-electron chi connectivity index (χ2n) is 9.66. The van der Waals surface area contributed by atoms with Crippen LogP contribution in [-0.4, -0.2) is 83.3 Å². The van der Waals surface area contributed by atoms with Crippen LogP contribution < -0.4 is 0 Å². The molecule has 0 aromatic rings. The maximum atomic E-state index is 5.23. The third-order valence-electron chi connectivity index (χ3n) is 4.91. The molecule has 0 saturated heterocycles. The van der Waals surface area contributed by atoms with Gasteiger partial charge in [-0.1, -0.05) is 52.4 Å². The third-order valence-corrected chi connectivity index (χ3v) is 4.91. The Morgan fingerprint density at radius 1 is 0.625 bits per heavy atom. The molecular weight excluding hydrogens is 400 g/mol. The molecule has 5 nitrogen and oxygen atoms in total.